The molecule has 0 radical (unpaired) electrons. The van der Waals surface area contributed by atoms with Gasteiger partial charge in [-0.25, -0.2) is 4.79 Å². The molecule has 0 bridgehead atoms. The number of benzene rings is 1. The third-order valence-electron chi connectivity index (χ3n) is 4.81. The van der Waals surface area contributed by atoms with Crippen LogP contribution in [0.4, 0.5) is 4.79 Å². The van der Waals surface area contributed by atoms with Gasteiger partial charge in [-0.15, -0.1) is 0 Å². The fraction of sp³-hybridized carbons (Fsp3) is 0.650. The molecule has 2 N–H and O–H groups in total. The lowest BCUT2D eigenvalue weighted by Gasteiger charge is -2.32. The number of hydrogen-bond donors (Lipinski definition) is 2. The van der Waals surface area contributed by atoms with E-state index in [0.717, 1.165) is 18.8 Å². The fourth-order valence-electron chi connectivity index (χ4n) is 3.06. The summed E-state index contributed by atoms with van der Waals surface area (Å²) < 4.78 is 16.2. The summed E-state index contributed by atoms with van der Waals surface area (Å²) in [7, 11) is 0. The minimum Gasteiger partial charge on any atom is -0.491 e. The van der Waals surface area contributed by atoms with Crippen LogP contribution in [0.15, 0.2) is 18.2 Å². The summed E-state index contributed by atoms with van der Waals surface area (Å²) >= 11 is 0. The second-order valence-corrected chi connectivity index (χ2v) is 6.96. The largest absolute Gasteiger partial charge is 0.491 e. The first-order chi connectivity index (χ1) is 13.0. The number of aryl methyl sites for hydroxylation is 2. The Morgan fingerprint density at radius 2 is 1.96 bits per heavy atom. The lowest BCUT2D eigenvalue weighted by atomic mass is 10.1. The van der Waals surface area contributed by atoms with Crippen LogP contribution >= 0.6 is 0 Å². The number of hydrogen-bond acceptors (Lipinski definition) is 5. The Labute approximate surface area is 161 Å². The summed E-state index contributed by atoms with van der Waals surface area (Å²) in [6.45, 7) is 11.1. The molecule has 1 aliphatic rings. The highest BCUT2D eigenvalue weighted by Crippen LogP contribution is 2.16. The van der Waals surface area contributed by atoms with E-state index in [4.69, 9.17) is 14.2 Å². The van der Waals surface area contributed by atoms with Crippen LogP contribution in [0.3, 0.4) is 0 Å². The van der Waals surface area contributed by atoms with Crippen LogP contribution in [0.5, 0.6) is 5.75 Å². The number of piperazine rings is 1. The zero-order valence-electron chi connectivity index (χ0n) is 16.7. The Hall–Kier alpha value is -1.83. The van der Waals surface area contributed by atoms with Gasteiger partial charge in [-0.05, 0) is 44.0 Å². The summed E-state index contributed by atoms with van der Waals surface area (Å²) in [4.78, 5) is 14.7. The number of carbonyl (C=O) groups excluding carboxylic acids is 1. The Morgan fingerprint density at radius 3 is 2.63 bits per heavy atom. The second-order valence-electron chi connectivity index (χ2n) is 6.96. The molecule has 7 nitrogen and oxygen atoms in total. The molecule has 0 aliphatic carbocycles. The van der Waals surface area contributed by atoms with E-state index in [2.05, 4.69) is 13.8 Å². The van der Waals surface area contributed by atoms with E-state index >= 15 is 0 Å². The quantitative estimate of drug-likeness (QED) is 0.607. The van der Waals surface area contributed by atoms with Gasteiger partial charge in [0.1, 0.15) is 25.0 Å². The summed E-state index contributed by atoms with van der Waals surface area (Å²) in [5.41, 5.74) is 2.45. The molecule has 1 aliphatic heterocycles. The Kier molecular flexibility index (Phi) is 8.84. The maximum absolute atomic E-state index is 11.7. The molecule has 1 saturated heterocycles. The van der Waals surface area contributed by atoms with Crippen LogP contribution in [-0.2, 0) is 9.47 Å². The lowest BCUT2D eigenvalue weighted by Crippen LogP contribution is -3.15. The Balaban J connectivity index is 1.55. The predicted molar refractivity (Wildman–Crippen MR) is 102 cm³/mol. The minimum atomic E-state index is -0.518. The summed E-state index contributed by atoms with van der Waals surface area (Å²) in [5, 5.41) is 10.2. The third kappa shape index (κ3) is 7.36. The van der Waals surface area contributed by atoms with Crippen molar-refractivity contribution in [2.24, 2.45) is 0 Å². The average Bonchev–Trinajstić information content (AvgIpc) is 2.65. The van der Waals surface area contributed by atoms with Gasteiger partial charge in [-0.2, -0.15) is 0 Å². The summed E-state index contributed by atoms with van der Waals surface area (Å²) in [6.07, 6.45) is -0.764. The van der Waals surface area contributed by atoms with Crippen LogP contribution in [0.1, 0.15) is 18.1 Å². The fourth-order valence-corrected chi connectivity index (χ4v) is 3.06. The molecule has 152 valence electrons. The SMILES string of the molecule is CCOC(=O)N1CC[NH+](C[C@@H](O)COCCOc2ccc(C)c(C)c2)CC1. The molecule has 27 heavy (non-hydrogen) atoms. The number of rotatable bonds is 9. The molecule has 1 aromatic carbocycles. The van der Waals surface area contributed by atoms with Crippen molar-refractivity contribution in [2.45, 2.75) is 26.9 Å². The van der Waals surface area contributed by atoms with Crippen molar-refractivity contribution >= 4 is 6.09 Å². The van der Waals surface area contributed by atoms with Crippen molar-refractivity contribution in [2.75, 3.05) is 59.2 Å². The zero-order chi connectivity index (χ0) is 19.6. The molecule has 1 atom stereocenters. The van der Waals surface area contributed by atoms with Crippen LogP contribution in [0.25, 0.3) is 0 Å². The van der Waals surface area contributed by atoms with E-state index in [0.29, 0.717) is 46.1 Å². The van der Waals surface area contributed by atoms with E-state index in [1.54, 1.807) is 4.90 Å². The number of ether oxygens (including phenoxy) is 3. The number of aliphatic hydroxyl groups is 1. The van der Waals surface area contributed by atoms with Gasteiger partial charge in [0.05, 0.1) is 46.0 Å². The second kappa shape index (κ2) is 11.1. The van der Waals surface area contributed by atoms with E-state index in [1.807, 2.05) is 25.1 Å². The summed E-state index contributed by atoms with van der Waals surface area (Å²) in [6, 6.07) is 6.01. The molecule has 2 rings (SSSR count). The van der Waals surface area contributed by atoms with E-state index < -0.39 is 6.10 Å². The van der Waals surface area contributed by atoms with Gasteiger partial charge in [-0.1, -0.05) is 6.07 Å². The maximum atomic E-state index is 11.7. The van der Waals surface area contributed by atoms with Crippen LogP contribution < -0.4 is 9.64 Å². The van der Waals surface area contributed by atoms with Crippen LogP contribution in [0, 0.1) is 13.8 Å². The normalized spacial score (nSPS) is 16.2. The standard InChI is InChI=1S/C20H32N2O5/c1-4-26-20(24)22-9-7-21(8-10-22)14-18(23)15-25-11-12-27-19-6-5-16(2)17(3)13-19/h5-6,13,18,23H,4,7-12,14-15H2,1-3H3/p+1/t18-/m1/s1. The molecule has 1 aromatic rings. The van der Waals surface area contributed by atoms with Crippen molar-refractivity contribution in [3.8, 4) is 5.75 Å². The molecule has 0 unspecified atom stereocenters. The molecule has 1 heterocycles. The lowest BCUT2D eigenvalue weighted by molar-refractivity contribution is -0.907. The van der Waals surface area contributed by atoms with Crippen molar-refractivity contribution in [3.63, 3.8) is 0 Å². The number of quaternary nitrogens is 1. The summed E-state index contributed by atoms with van der Waals surface area (Å²) in [5.74, 6) is 0.839. The van der Waals surface area contributed by atoms with Gasteiger partial charge in [0.25, 0.3) is 0 Å². The van der Waals surface area contributed by atoms with Gasteiger partial charge in [0.15, 0.2) is 0 Å². The van der Waals surface area contributed by atoms with Crippen molar-refractivity contribution in [3.05, 3.63) is 29.3 Å². The molecule has 0 saturated carbocycles. The van der Waals surface area contributed by atoms with E-state index in [1.165, 1.54) is 16.0 Å². The van der Waals surface area contributed by atoms with Gasteiger partial charge in [-0.3, -0.25) is 4.90 Å². The average molecular weight is 381 g/mol. The number of nitrogens with one attached hydrogen (secondary N) is 1. The van der Waals surface area contributed by atoms with Crippen molar-refractivity contribution in [1.82, 2.24) is 4.90 Å². The maximum Gasteiger partial charge on any atom is 0.410 e. The smallest absolute Gasteiger partial charge is 0.410 e. The highest BCUT2D eigenvalue weighted by molar-refractivity contribution is 5.67. The van der Waals surface area contributed by atoms with Crippen LogP contribution in [-0.4, -0.2) is 81.4 Å². The first-order valence-electron chi connectivity index (χ1n) is 9.70. The monoisotopic (exact) mass is 381 g/mol. The van der Waals surface area contributed by atoms with Gasteiger partial charge in [0, 0.05) is 0 Å². The Bertz CT molecular complexity index is 588. The van der Waals surface area contributed by atoms with Gasteiger partial charge < -0.3 is 24.2 Å². The molecule has 1 fully saturated rings. The molecular formula is C20H33N2O5+. The van der Waals surface area contributed by atoms with Crippen molar-refractivity contribution < 1.29 is 29.0 Å². The predicted octanol–water partition coefficient (Wildman–Crippen LogP) is 0.417. The molecule has 0 spiro atoms. The first kappa shape index (κ1) is 21.5. The van der Waals surface area contributed by atoms with Crippen molar-refractivity contribution in [1.29, 1.82) is 0 Å². The number of aliphatic hydroxyl groups excluding tert-OH is 1. The molecule has 7 heteroatoms. The highest BCUT2D eigenvalue weighted by atomic mass is 16.6. The van der Waals surface area contributed by atoms with Gasteiger partial charge >= 0.3 is 6.09 Å². The van der Waals surface area contributed by atoms with E-state index in [9.17, 15) is 9.90 Å². The third-order valence-corrected chi connectivity index (χ3v) is 4.81. The van der Waals surface area contributed by atoms with E-state index in [-0.39, 0.29) is 6.09 Å². The van der Waals surface area contributed by atoms with Gasteiger partial charge in [0.2, 0.25) is 0 Å². The topological polar surface area (TPSA) is 72.7 Å². The molecule has 1 amide bonds. The highest BCUT2D eigenvalue weighted by Gasteiger charge is 2.25. The number of carbonyl (C=O) groups is 1. The number of nitrogens with zero attached hydrogens (tertiary/aromatic N) is 1. The minimum absolute atomic E-state index is 0.246. The van der Waals surface area contributed by atoms with Crippen LogP contribution in [0.2, 0.25) is 0 Å². The molecular weight excluding hydrogens is 348 g/mol. The zero-order valence-corrected chi connectivity index (χ0v) is 16.7. The molecule has 0 aromatic heterocycles. The first-order valence-corrected chi connectivity index (χ1v) is 9.70. The number of amides is 1. The Morgan fingerprint density at radius 1 is 1.22 bits per heavy atom.